The first kappa shape index (κ1) is 17.5. The molecule has 2 fully saturated rings. The molecule has 0 amide bonds. The maximum absolute atomic E-state index is 12.3. The van der Waals surface area contributed by atoms with Crippen molar-refractivity contribution in [3.05, 3.63) is 58.4 Å². The second-order valence-electron chi connectivity index (χ2n) is 7.54. The highest BCUT2D eigenvalue weighted by molar-refractivity contribution is 6.30. The standard InChI is InChI=1S/C21H21ClN4O2/c1-14-23-24-20(26(14)16-8-6-15(22)7-9-16)25-12-10-21(11-13-25)18-5-3-2-4-17(18)19(27)28-21/h4-9H,2-3,10-13H2,1H3. The van der Waals surface area contributed by atoms with Crippen LogP contribution in [-0.4, -0.2) is 39.4 Å². The molecular formula is C21H21ClN4O2. The van der Waals surface area contributed by atoms with E-state index in [0.29, 0.717) is 5.02 Å². The number of carbonyl (C=O) groups excluding carboxylic acids is 1. The summed E-state index contributed by atoms with van der Waals surface area (Å²) < 4.78 is 7.94. The van der Waals surface area contributed by atoms with Gasteiger partial charge >= 0.3 is 5.97 Å². The molecule has 1 aliphatic carbocycles. The molecule has 0 N–H and O–H groups in total. The molecule has 3 heterocycles. The van der Waals surface area contributed by atoms with Gasteiger partial charge in [0, 0.05) is 36.5 Å². The molecule has 144 valence electrons. The molecule has 1 aromatic heterocycles. The molecular weight excluding hydrogens is 376 g/mol. The van der Waals surface area contributed by atoms with Crippen LogP contribution in [0.15, 0.2) is 47.6 Å². The molecule has 7 heteroatoms. The van der Waals surface area contributed by atoms with Gasteiger partial charge in [-0.25, -0.2) is 4.79 Å². The van der Waals surface area contributed by atoms with Crippen LogP contribution in [0.4, 0.5) is 5.95 Å². The third kappa shape index (κ3) is 2.66. The van der Waals surface area contributed by atoms with Gasteiger partial charge in [0.25, 0.3) is 0 Å². The number of nitrogens with zero attached hydrogens (tertiary/aromatic N) is 4. The predicted octanol–water partition coefficient (Wildman–Crippen LogP) is 3.77. The summed E-state index contributed by atoms with van der Waals surface area (Å²) in [6.45, 7) is 3.45. The average Bonchev–Trinajstić information content (AvgIpc) is 3.22. The normalized spacial score (nSPS) is 20.6. The third-order valence-electron chi connectivity index (χ3n) is 5.90. The smallest absolute Gasteiger partial charge is 0.339 e. The summed E-state index contributed by atoms with van der Waals surface area (Å²) in [4.78, 5) is 14.5. The van der Waals surface area contributed by atoms with Crippen molar-refractivity contribution in [2.45, 2.75) is 38.2 Å². The van der Waals surface area contributed by atoms with Gasteiger partial charge in [-0.05, 0) is 44.0 Å². The first-order chi connectivity index (χ1) is 13.6. The number of ether oxygens (including phenoxy) is 1. The van der Waals surface area contributed by atoms with Crippen LogP contribution < -0.4 is 4.90 Å². The monoisotopic (exact) mass is 396 g/mol. The van der Waals surface area contributed by atoms with Gasteiger partial charge in [-0.3, -0.25) is 4.57 Å². The van der Waals surface area contributed by atoms with E-state index in [0.717, 1.165) is 67.4 Å². The Morgan fingerprint density at radius 3 is 2.54 bits per heavy atom. The van der Waals surface area contributed by atoms with Gasteiger partial charge in [-0.2, -0.15) is 0 Å². The van der Waals surface area contributed by atoms with Crippen LogP contribution in [0.2, 0.25) is 5.02 Å². The second kappa shape index (κ2) is 6.48. The highest BCUT2D eigenvalue weighted by Gasteiger charge is 2.50. The molecule has 2 aromatic rings. The Bertz CT molecular complexity index is 998. The van der Waals surface area contributed by atoms with E-state index in [9.17, 15) is 4.79 Å². The lowest BCUT2D eigenvalue weighted by Crippen LogP contribution is -2.46. The number of esters is 1. The average molecular weight is 397 g/mol. The number of hydrogen-bond acceptors (Lipinski definition) is 5. The Hall–Kier alpha value is -2.60. The second-order valence-corrected chi connectivity index (χ2v) is 7.98. The largest absolute Gasteiger partial charge is 0.450 e. The number of allylic oxidation sites excluding steroid dienone is 2. The Kier molecular flexibility index (Phi) is 4.05. The quantitative estimate of drug-likeness (QED) is 0.723. The lowest BCUT2D eigenvalue weighted by atomic mass is 9.80. The summed E-state index contributed by atoms with van der Waals surface area (Å²) in [5.74, 6) is 1.47. The molecule has 5 rings (SSSR count). The van der Waals surface area contributed by atoms with Crippen LogP contribution in [0, 0.1) is 6.92 Å². The zero-order chi connectivity index (χ0) is 19.3. The maximum atomic E-state index is 12.3. The van der Waals surface area contributed by atoms with E-state index < -0.39 is 5.60 Å². The van der Waals surface area contributed by atoms with Gasteiger partial charge in [0.15, 0.2) is 0 Å². The first-order valence-corrected chi connectivity index (χ1v) is 10.0. The third-order valence-corrected chi connectivity index (χ3v) is 6.15. The molecule has 0 bridgehead atoms. The van der Waals surface area contributed by atoms with E-state index in [1.807, 2.05) is 41.8 Å². The predicted molar refractivity (Wildman–Crippen MR) is 107 cm³/mol. The van der Waals surface area contributed by atoms with E-state index in [-0.39, 0.29) is 5.97 Å². The molecule has 0 atom stereocenters. The Morgan fingerprint density at radius 1 is 1.07 bits per heavy atom. The highest BCUT2D eigenvalue weighted by atomic mass is 35.5. The minimum Gasteiger partial charge on any atom is -0.450 e. The minimum atomic E-state index is -0.472. The van der Waals surface area contributed by atoms with Crippen LogP contribution in [0.25, 0.3) is 5.69 Å². The van der Waals surface area contributed by atoms with Crippen molar-refractivity contribution in [2.75, 3.05) is 18.0 Å². The Morgan fingerprint density at radius 2 is 1.79 bits per heavy atom. The number of aryl methyl sites for hydroxylation is 1. The van der Waals surface area contributed by atoms with Crippen molar-refractivity contribution >= 4 is 23.5 Å². The van der Waals surface area contributed by atoms with E-state index in [1.165, 1.54) is 0 Å². The molecule has 1 aromatic carbocycles. The SMILES string of the molecule is Cc1nnc(N2CCC3(CC2)OC(=O)C2=CCCC=C23)n1-c1ccc(Cl)cc1. The van der Waals surface area contributed by atoms with E-state index in [2.05, 4.69) is 21.2 Å². The van der Waals surface area contributed by atoms with Gasteiger partial charge in [0.2, 0.25) is 5.95 Å². The number of hydrogen-bond donors (Lipinski definition) is 0. The van der Waals surface area contributed by atoms with Gasteiger partial charge in [-0.15, -0.1) is 10.2 Å². The molecule has 0 saturated carbocycles. The summed E-state index contributed by atoms with van der Waals surface area (Å²) in [5.41, 5.74) is 2.38. The summed E-state index contributed by atoms with van der Waals surface area (Å²) in [6.07, 6.45) is 7.63. The fourth-order valence-corrected chi connectivity index (χ4v) is 4.60. The van der Waals surface area contributed by atoms with Gasteiger partial charge < -0.3 is 9.64 Å². The van der Waals surface area contributed by atoms with Crippen LogP contribution in [0.3, 0.4) is 0 Å². The van der Waals surface area contributed by atoms with Crippen LogP contribution in [-0.2, 0) is 9.53 Å². The summed E-state index contributed by atoms with van der Waals surface area (Å²) in [5, 5.41) is 9.41. The lowest BCUT2D eigenvalue weighted by molar-refractivity contribution is -0.146. The summed E-state index contributed by atoms with van der Waals surface area (Å²) in [6, 6.07) is 7.67. The molecule has 28 heavy (non-hydrogen) atoms. The molecule has 0 unspecified atom stereocenters. The van der Waals surface area contributed by atoms with Gasteiger partial charge in [0.1, 0.15) is 11.4 Å². The van der Waals surface area contributed by atoms with Gasteiger partial charge in [0.05, 0.1) is 11.3 Å². The Labute approximate surface area is 168 Å². The number of piperidine rings is 1. The van der Waals surface area contributed by atoms with Crippen LogP contribution in [0.1, 0.15) is 31.5 Å². The number of aromatic nitrogens is 3. The van der Waals surface area contributed by atoms with E-state index >= 15 is 0 Å². The van der Waals surface area contributed by atoms with Crippen molar-refractivity contribution in [2.24, 2.45) is 0 Å². The van der Waals surface area contributed by atoms with Gasteiger partial charge in [-0.1, -0.05) is 23.8 Å². The minimum absolute atomic E-state index is 0.167. The molecule has 6 nitrogen and oxygen atoms in total. The summed E-state index contributed by atoms with van der Waals surface area (Å²) >= 11 is 6.04. The maximum Gasteiger partial charge on any atom is 0.339 e. The fourth-order valence-electron chi connectivity index (χ4n) is 4.48. The number of benzene rings is 1. The molecule has 3 aliphatic rings. The van der Waals surface area contributed by atoms with E-state index in [4.69, 9.17) is 16.3 Å². The number of anilines is 1. The lowest BCUT2D eigenvalue weighted by Gasteiger charge is -2.39. The Balaban J connectivity index is 1.42. The van der Waals surface area contributed by atoms with Crippen LogP contribution in [0.5, 0.6) is 0 Å². The summed E-state index contributed by atoms with van der Waals surface area (Å²) in [7, 11) is 0. The van der Waals surface area contributed by atoms with E-state index in [1.54, 1.807) is 0 Å². The molecule has 0 radical (unpaired) electrons. The van der Waals surface area contributed by atoms with Crippen molar-refractivity contribution in [3.63, 3.8) is 0 Å². The van der Waals surface area contributed by atoms with Crippen LogP contribution >= 0.6 is 11.6 Å². The van der Waals surface area contributed by atoms with Crippen molar-refractivity contribution in [1.82, 2.24) is 14.8 Å². The number of halogens is 1. The molecule has 2 aliphatic heterocycles. The fraction of sp³-hybridized carbons (Fsp3) is 0.381. The number of carbonyl (C=O) groups is 1. The number of fused-ring (bicyclic) bond motifs is 2. The van der Waals surface area contributed by atoms with Crippen molar-refractivity contribution in [1.29, 1.82) is 0 Å². The topological polar surface area (TPSA) is 60.2 Å². The highest BCUT2D eigenvalue weighted by Crippen LogP contribution is 2.46. The number of rotatable bonds is 2. The van der Waals surface area contributed by atoms with Crippen molar-refractivity contribution < 1.29 is 9.53 Å². The van der Waals surface area contributed by atoms with Crippen molar-refractivity contribution in [3.8, 4) is 5.69 Å². The zero-order valence-electron chi connectivity index (χ0n) is 15.7. The first-order valence-electron chi connectivity index (χ1n) is 9.65. The zero-order valence-corrected chi connectivity index (χ0v) is 16.4. The molecule has 1 spiro atoms. The molecule has 2 saturated heterocycles.